The van der Waals surface area contributed by atoms with Crippen molar-refractivity contribution in [2.24, 2.45) is 5.92 Å². The van der Waals surface area contributed by atoms with Gasteiger partial charge in [-0.3, -0.25) is 15.1 Å². The highest BCUT2D eigenvalue weighted by atomic mass is 32.1. The van der Waals surface area contributed by atoms with Gasteiger partial charge in [0.05, 0.1) is 15.9 Å². The van der Waals surface area contributed by atoms with Crippen LogP contribution in [0.5, 0.6) is 0 Å². The lowest BCUT2D eigenvalue weighted by molar-refractivity contribution is 0.489. The Bertz CT molecular complexity index is 1730. The zero-order valence-corrected chi connectivity index (χ0v) is 21.5. The van der Waals surface area contributed by atoms with Crippen molar-refractivity contribution in [3.63, 3.8) is 0 Å². The van der Waals surface area contributed by atoms with Crippen LogP contribution in [0.4, 0.5) is 4.39 Å². The van der Waals surface area contributed by atoms with Crippen molar-refractivity contribution in [3.8, 4) is 33.2 Å². The number of imidazole rings is 1. The summed E-state index contributed by atoms with van der Waals surface area (Å²) >= 11 is 1.62. The number of rotatable bonds is 7. The average molecular weight is 524 g/mol. The number of nitrogens with zero attached hydrogens (tertiary/aromatic N) is 4. The van der Waals surface area contributed by atoms with E-state index in [1.807, 2.05) is 41.9 Å². The molecule has 0 radical (unpaired) electrons. The largest absolute Gasteiger partial charge is 0.336 e. The number of benzene rings is 1. The van der Waals surface area contributed by atoms with Crippen molar-refractivity contribution in [1.29, 1.82) is 0 Å². The van der Waals surface area contributed by atoms with Crippen LogP contribution in [0, 0.1) is 11.7 Å². The number of aromatic amines is 2. The van der Waals surface area contributed by atoms with E-state index >= 15 is 4.39 Å². The molecule has 7 rings (SSSR count). The Kier molecular flexibility index (Phi) is 5.94. The third kappa shape index (κ3) is 4.27. The summed E-state index contributed by atoms with van der Waals surface area (Å²) in [5.41, 5.74) is 6.00. The van der Waals surface area contributed by atoms with Gasteiger partial charge in [0.25, 0.3) is 0 Å². The van der Waals surface area contributed by atoms with Crippen LogP contribution in [0.3, 0.4) is 0 Å². The van der Waals surface area contributed by atoms with Crippen molar-refractivity contribution in [3.05, 3.63) is 71.7 Å². The predicted molar refractivity (Wildman–Crippen MR) is 149 cm³/mol. The lowest BCUT2D eigenvalue weighted by atomic mass is 10.0. The zero-order valence-electron chi connectivity index (χ0n) is 20.7. The summed E-state index contributed by atoms with van der Waals surface area (Å²) < 4.78 is 15.3. The molecule has 0 unspecified atom stereocenters. The average Bonchev–Trinajstić information content (AvgIpc) is 3.74. The second-order valence-electron chi connectivity index (χ2n) is 9.93. The molecule has 1 aliphatic rings. The molecule has 1 aliphatic carbocycles. The Hall–Kier alpha value is -3.95. The molecule has 0 bridgehead atoms. The Morgan fingerprint density at radius 2 is 1.97 bits per heavy atom. The van der Waals surface area contributed by atoms with E-state index in [9.17, 15) is 0 Å². The maximum Gasteiger partial charge on any atom is 0.159 e. The summed E-state index contributed by atoms with van der Waals surface area (Å²) in [5, 5.41) is 13.8. The van der Waals surface area contributed by atoms with Crippen molar-refractivity contribution in [2.45, 2.75) is 32.2 Å². The van der Waals surface area contributed by atoms with E-state index in [4.69, 9.17) is 4.98 Å². The molecule has 0 saturated heterocycles. The van der Waals surface area contributed by atoms with Gasteiger partial charge in [0, 0.05) is 47.7 Å². The van der Waals surface area contributed by atoms with E-state index in [1.165, 1.54) is 31.7 Å². The minimum Gasteiger partial charge on any atom is -0.336 e. The van der Waals surface area contributed by atoms with E-state index in [-0.39, 0.29) is 5.82 Å². The molecule has 9 heteroatoms. The molecule has 0 aliphatic heterocycles. The maximum absolute atomic E-state index is 15.3. The van der Waals surface area contributed by atoms with Gasteiger partial charge in [-0.1, -0.05) is 18.9 Å². The van der Waals surface area contributed by atoms with Gasteiger partial charge in [0.15, 0.2) is 5.82 Å². The Balaban J connectivity index is 1.23. The number of aromatic nitrogens is 6. The monoisotopic (exact) mass is 523 g/mol. The molecule has 0 atom stereocenters. The molecule has 38 heavy (non-hydrogen) atoms. The normalized spacial score (nSPS) is 14.2. The van der Waals surface area contributed by atoms with E-state index in [2.05, 4.69) is 30.5 Å². The van der Waals surface area contributed by atoms with E-state index in [0.29, 0.717) is 22.6 Å². The van der Waals surface area contributed by atoms with Gasteiger partial charge in [0.2, 0.25) is 0 Å². The molecular weight excluding hydrogens is 497 g/mol. The molecule has 1 fully saturated rings. The lowest BCUT2D eigenvalue weighted by Crippen LogP contribution is -2.20. The molecule has 1 aromatic carbocycles. The molecule has 190 valence electrons. The predicted octanol–water partition coefficient (Wildman–Crippen LogP) is 6.71. The smallest absolute Gasteiger partial charge is 0.159 e. The van der Waals surface area contributed by atoms with E-state index in [1.54, 1.807) is 23.7 Å². The molecule has 1 saturated carbocycles. The number of halogens is 1. The van der Waals surface area contributed by atoms with E-state index in [0.717, 1.165) is 57.1 Å². The van der Waals surface area contributed by atoms with Crippen LogP contribution in [0.2, 0.25) is 0 Å². The van der Waals surface area contributed by atoms with Crippen molar-refractivity contribution in [1.82, 2.24) is 35.5 Å². The van der Waals surface area contributed by atoms with Crippen molar-refractivity contribution >= 4 is 33.3 Å². The summed E-state index contributed by atoms with van der Waals surface area (Å²) in [7, 11) is 0. The fourth-order valence-corrected chi connectivity index (χ4v) is 6.17. The van der Waals surface area contributed by atoms with Gasteiger partial charge < -0.3 is 10.3 Å². The number of thiophene rings is 1. The van der Waals surface area contributed by atoms with Crippen molar-refractivity contribution in [2.75, 3.05) is 6.54 Å². The third-order valence-electron chi connectivity index (χ3n) is 7.37. The highest BCUT2D eigenvalue weighted by molar-refractivity contribution is 7.13. The molecule has 0 amide bonds. The summed E-state index contributed by atoms with van der Waals surface area (Å²) in [6.45, 7) is 1.74. The molecule has 0 spiro atoms. The second-order valence-corrected chi connectivity index (χ2v) is 10.9. The van der Waals surface area contributed by atoms with Crippen LogP contribution in [0.15, 0.2) is 60.4 Å². The van der Waals surface area contributed by atoms with Crippen LogP contribution in [-0.4, -0.2) is 36.7 Å². The van der Waals surface area contributed by atoms with Gasteiger partial charge in [-0.2, -0.15) is 5.10 Å². The van der Waals surface area contributed by atoms with Crippen LogP contribution >= 0.6 is 11.3 Å². The van der Waals surface area contributed by atoms with Crippen molar-refractivity contribution < 1.29 is 4.39 Å². The number of H-pyrrole nitrogens is 2. The highest BCUT2D eigenvalue weighted by Gasteiger charge is 2.19. The molecule has 6 aromatic rings. The first-order valence-corrected chi connectivity index (χ1v) is 13.8. The summed E-state index contributed by atoms with van der Waals surface area (Å²) in [6.07, 6.45) is 10.6. The first kappa shape index (κ1) is 23.2. The Labute approximate surface area is 222 Å². The first-order valence-electron chi connectivity index (χ1n) is 12.9. The van der Waals surface area contributed by atoms with Gasteiger partial charge in [0.1, 0.15) is 22.7 Å². The van der Waals surface area contributed by atoms with Gasteiger partial charge in [-0.25, -0.2) is 9.37 Å². The number of fused-ring (bicyclic) bond motifs is 2. The van der Waals surface area contributed by atoms with Gasteiger partial charge in [-0.15, -0.1) is 11.3 Å². The maximum atomic E-state index is 15.3. The fourth-order valence-electron chi connectivity index (χ4n) is 5.45. The molecular formula is C29H26FN7S. The molecule has 5 heterocycles. The topological polar surface area (TPSA) is 95.2 Å². The first-order chi connectivity index (χ1) is 18.7. The van der Waals surface area contributed by atoms with Crippen LogP contribution in [-0.2, 0) is 6.54 Å². The minimum atomic E-state index is -0.320. The Morgan fingerprint density at radius 3 is 2.84 bits per heavy atom. The molecule has 3 N–H and O–H groups in total. The number of hydrogen-bond donors (Lipinski definition) is 3. The van der Waals surface area contributed by atoms with E-state index < -0.39 is 0 Å². The second kappa shape index (κ2) is 9.74. The number of nitrogens with one attached hydrogen (secondary N) is 3. The highest BCUT2D eigenvalue weighted by Crippen LogP contribution is 2.34. The van der Waals surface area contributed by atoms with Crippen LogP contribution in [0.1, 0.15) is 31.2 Å². The summed E-state index contributed by atoms with van der Waals surface area (Å²) in [5.74, 6) is 1.05. The van der Waals surface area contributed by atoms with Gasteiger partial charge >= 0.3 is 0 Å². The van der Waals surface area contributed by atoms with Crippen LogP contribution in [0.25, 0.3) is 55.2 Å². The summed E-state index contributed by atoms with van der Waals surface area (Å²) in [6, 6.07) is 11.3. The number of hydrogen-bond acceptors (Lipinski definition) is 6. The third-order valence-corrected chi connectivity index (χ3v) is 8.25. The lowest BCUT2D eigenvalue weighted by Gasteiger charge is -2.11. The molecule has 5 aromatic heterocycles. The quantitative estimate of drug-likeness (QED) is 0.216. The Morgan fingerprint density at radius 1 is 1.05 bits per heavy atom. The van der Waals surface area contributed by atoms with Gasteiger partial charge in [-0.05, 0) is 60.5 Å². The minimum absolute atomic E-state index is 0.320. The van der Waals surface area contributed by atoms with Crippen LogP contribution < -0.4 is 5.32 Å². The number of pyridine rings is 2. The zero-order chi connectivity index (χ0) is 25.5. The standard InChI is InChI=1S/C29H26FN7S/c30-22-12-24-21(11-20(22)19-10-18(15-32-16-19)14-31-13-17-4-1-2-5-17)26(37-36-24)29-34-23-7-8-33-28(27(23)35-29)25-6-3-9-38-25/h3,6-12,15-17,31H,1-2,4-5,13-14H2,(H,34,35)(H,36,37). The molecule has 7 nitrogen and oxygen atoms in total. The SMILES string of the molecule is Fc1cc2[nH]nc(-c3nc4c(-c5cccs5)nccc4[nH]3)c2cc1-c1cncc(CNCC2CCCC2)c1. The summed E-state index contributed by atoms with van der Waals surface area (Å²) in [4.78, 5) is 18.3. The fraction of sp³-hybridized carbons (Fsp3) is 0.241.